The zero-order valence-electron chi connectivity index (χ0n) is 13.4. The molecule has 0 saturated carbocycles. The van der Waals surface area contributed by atoms with Crippen molar-refractivity contribution in [2.24, 2.45) is 0 Å². The highest BCUT2D eigenvalue weighted by Gasteiger charge is 2.28. The summed E-state index contributed by atoms with van der Waals surface area (Å²) in [5.74, 6) is -0.378. The normalized spacial score (nSPS) is 17.7. The fourth-order valence-electron chi connectivity index (χ4n) is 2.96. The highest BCUT2D eigenvalue weighted by molar-refractivity contribution is 5.95. The molecular formula is C18H20FN3O. The maximum atomic E-state index is 13.9. The number of hydrogen-bond donors (Lipinski definition) is 0. The highest BCUT2D eigenvalue weighted by Crippen LogP contribution is 2.24. The van der Waals surface area contributed by atoms with Crippen molar-refractivity contribution in [3.8, 4) is 11.1 Å². The van der Waals surface area contributed by atoms with Gasteiger partial charge in [0.2, 0.25) is 0 Å². The van der Waals surface area contributed by atoms with E-state index in [0.717, 1.165) is 19.5 Å². The maximum Gasteiger partial charge on any atom is 0.253 e. The number of carbonyl (C=O) groups excluding carboxylic acids is 1. The molecule has 2 aromatic rings. The van der Waals surface area contributed by atoms with Gasteiger partial charge in [-0.2, -0.15) is 0 Å². The summed E-state index contributed by atoms with van der Waals surface area (Å²) >= 11 is 0. The predicted molar refractivity (Wildman–Crippen MR) is 87.6 cm³/mol. The summed E-state index contributed by atoms with van der Waals surface area (Å²) in [7, 11) is 4.07. The Morgan fingerprint density at radius 2 is 2.17 bits per heavy atom. The number of aromatic nitrogens is 1. The number of hydrogen-bond acceptors (Lipinski definition) is 3. The van der Waals surface area contributed by atoms with Crippen LogP contribution < -0.4 is 0 Å². The lowest BCUT2D eigenvalue weighted by molar-refractivity contribution is 0.0783. The number of likely N-dealkylation sites (N-methyl/N-ethyl adjacent to an activating group) is 1. The van der Waals surface area contributed by atoms with Crippen LogP contribution in [0.15, 0.2) is 42.7 Å². The number of amides is 1. The molecule has 3 rings (SSSR count). The Kier molecular flexibility index (Phi) is 4.39. The van der Waals surface area contributed by atoms with E-state index in [1.807, 2.05) is 25.1 Å². The topological polar surface area (TPSA) is 36.4 Å². The summed E-state index contributed by atoms with van der Waals surface area (Å²) in [6.07, 6.45) is 3.72. The second kappa shape index (κ2) is 6.46. The van der Waals surface area contributed by atoms with Gasteiger partial charge < -0.3 is 9.80 Å². The predicted octanol–water partition coefficient (Wildman–Crippen LogP) is 2.66. The standard InChI is InChI=1S/C18H20FN3O/c1-21(2)15-7-9-22(12-15)18(23)14-5-3-4-13(10-14)16-6-8-20-11-17(16)19/h3-6,8,10-11,15H,7,9,12H2,1-2H3/t15-/m0/s1. The Balaban J connectivity index is 1.83. The maximum absolute atomic E-state index is 13.9. The Labute approximate surface area is 135 Å². The van der Waals surface area contributed by atoms with Crippen molar-refractivity contribution in [3.05, 3.63) is 54.1 Å². The van der Waals surface area contributed by atoms with Crippen LogP contribution in [0.4, 0.5) is 4.39 Å². The van der Waals surface area contributed by atoms with Crippen LogP contribution in [0.25, 0.3) is 11.1 Å². The van der Waals surface area contributed by atoms with Gasteiger partial charge in [0.15, 0.2) is 0 Å². The zero-order valence-corrected chi connectivity index (χ0v) is 13.4. The Hall–Kier alpha value is -2.27. The van der Waals surface area contributed by atoms with Crippen LogP contribution in [0.2, 0.25) is 0 Å². The Morgan fingerprint density at radius 3 is 2.87 bits per heavy atom. The molecule has 0 bridgehead atoms. The first-order valence-corrected chi connectivity index (χ1v) is 7.72. The molecule has 0 spiro atoms. The van der Waals surface area contributed by atoms with Gasteiger partial charge in [-0.25, -0.2) is 4.39 Å². The number of carbonyl (C=O) groups is 1. The van der Waals surface area contributed by atoms with Crippen molar-refractivity contribution in [2.75, 3.05) is 27.2 Å². The fraction of sp³-hybridized carbons (Fsp3) is 0.333. The molecule has 0 radical (unpaired) electrons. The van der Waals surface area contributed by atoms with Crippen molar-refractivity contribution >= 4 is 5.91 Å². The molecule has 0 aliphatic carbocycles. The summed E-state index contributed by atoms with van der Waals surface area (Å²) in [5.41, 5.74) is 1.75. The average Bonchev–Trinajstić information content (AvgIpc) is 3.05. The van der Waals surface area contributed by atoms with Crippen molar-refractivity contribution < 1.29 is 9.18 Å². The van der Waals surface area contributed by atoms with Gasteiger partial charge in [0.05, 0.1) is 6.20 Å². The van der Waals surface area contributed by atoms with Crippen molar-refractivity contribution in [3.63, 3.8) is 0 Å². The van der Waals surface area contributed by atoms with Gasteiger partial charge in [-0.1, -0.05) is 12.1 Å². The zero-order chi connectivity index (χ0) is 16.4. The van der Waals surface area contributed by atoms with Crippen LogP contribution in [-0.2, 0) is 0 Å². The fourth-order valence-corrected chi connectivity index (χ4v) is 2.96. The second-order valence-electron chi connectivity index (χ2n) is 6.09. The summed E-state index contributed by atoms with van der Waals surface area (Å²) in [6.45, 7) is 1.50. The third-order valence-corrected chi connectivity index (χ3v) is 4.37. The molecule has 1 atom stereocenters. The Morgan fingerprint density at radius 1 is 1.35 bits per heavy atom. The van der Waals surface area contributed by atoms with E-state index >= 15 is 0 Å². The minimum Gasteiger partial charge on any atom is -0.337 e. The first-order valence-electron chi connectivity index (χ1n) is 7.72. The van der Waals surface area contributed by atoms with E-state index in [1.165, 1.54) is 6.20 Å². The van der Waals surface area contributed by atoms with Gasteiger partial charge in [-0.05, 0) is 44.3 Å². The molecule has 0 N–H and O–H groups in total. The second-order valence-corrected chi connectivity index (χ2v) is 6.09. The third-order valence-electron chi connectivity index (χ3n) is 4.37. The molecule has 0 unspecified atom stereocenters. The minimum atomic E-state index is -0.383. The van der Waals surface area contributed by atoms with Gasteiger partial charge in [0, 0.05) is 36.5 Å². The number of nitrogens with zero attached hydrogens (tertiary/aromatic N) is 3. The lowest BCUT2D eigenvalue weighted by atomic mass is 10.0. The largest absolute Gasteiger partial charge is 0.337 e. The van der Waals surface area contributed by atoms with Crippen molar-refractivity contribution in [2.45, 2.75) is 12.5 Å². The average molecular weight is 313 g/mol. The molecule has 1 aliphatic heterocycles. The van der Waals surface area contributed by atoms with Crippen LogP contribution in [0.5, 0.6) is 0 Å². The van der Waals surface area contributed by atoms with E-state index in [-0.39, 0.29) is 11.7 Å². The number of pyridine rings is 1. The number of rotatable bonds is 3. The van der Waals surface area contributed by atoms with Gasteiger partial charge in [0.25, 0.3) is 5.91 Å². The summed E-state index contributed by atoms with van der Waals surface area (Å²) in [6, 6.07) is 9.16. The lowest BCUT2D eigenvalue weighted by Crippen LogP contribution is -2.34. The molecule has 120 valence electrons. The van der Waals surface area contributed by atoms with Gasteiger partial charge >= 0.3 is 0 Å². The van der Waals surface area contributed by atoms with E-state index in [1.54, 1.807) is 30.5 Å². The van der Waals surface area contributed by atoms with E-state index < -0.39 is 0 Å². The van der Waals surface area contributed by atoms with Crippen LogP contribution >= 0.6 is 0 Å². The van der Waals surface area contributed by atoms with Crippen LogP contribution in [0.3, 0.4) is 0 Å². The third kappa shape index (κ3) is 3.24. The molecule has 5 heteroatoms. The van der Waals surface area contributed by atoms with Crippen molar-refractivity contribution in [1.29, 1.82) is 0 Å². The molecule has 23 heavy (non-hydrogen) atoms. The van der Waals surface area contributed by atoms with E-state index in [2.05, 4.69) is 9.88 Å². The van der Waals surface area contributed by atoms with E-state index in [4.69, 9.17) is 0 Å². The molecule has 4 nitrogen and oxygen atoms in total. The monoisotopic (exact) mass is 313 g/mol. The molecule has 1 amide bonds. The highest BCUT2D eigenvalue weighted by atomic mass is 19.1. The molecule has 1 fully saturated rings. The Bertz CT molecular complexity index is 717. The van der Waals surface area contributed by atoms with Gasteiger partial charge in [-0.3, -0.25) is 9.78 Å². The quantitative estimate of drug-likeness (QED) is 0.874. The SMILES string of the molecule is CN(C)[C@H]1CCN(C(=O)c2cccc(-c3ccncc3F)c2)C1. The molecule has 1 aromatic heterocycles. The van der Waals surface area contributed by atoms with E-state index in [9.17, 15) is 9.18 Å². The van der Waals surface area contributed by atoms with Crippen LogP contribution in [-0.4, -0.2) is 53.9 Å². The summed E-state index contributed by atoms with van der Waals surface area (Å²) < 4.78 is 13.9. The first kappa shape index (κ1) is 15.6. The smallest absolute Gasteiger partial charge is 0.253 e. The summed E-state index contributed by atoms with van der Waals surface area (Å²) in [4.78, 5) is 20.5. The van der Waals surface area contributed by atoms with Crippen molar-refractivity contribution in [1.82, 2.24) is 14.8 Å². The van der Waals surface area contributed by atoms with Crippen LogP contribution in [0, 0.1) is 5.82 Å². The molecule has 1 aromatic carbocycles. The van der Waals surface area contributed by atoms with Gasteiger partial charge in [0.1, 0.15) is 5.82 Å². The van der Waals surface area contributed by atoms with Crippen LogP contribution in [0.1, 0.15) is 16.8 Å². The first-order chi connectivity index (χ1) is 11.1. The summed E-state index contributed by atoms with van der Waals surface area (Å²) in [5, 5.41) is 0. The number of likely N-dealkylation sites (tertiary alicyclic amines) is 1. The lowest BCUT2D eigenvalue weighted by Gasteiger charge is -2.20. The molecule has 1 aliphatic rings. The number of halogens is 1. The minimum absolute atomic E-state index is 0.00524. The number of benzene rings is 1. The molecular weight excluding hydrogens is 293 g/mol. The molecule has 1 saturated heterocycles. The van der Waals surface area contributed by atoms with Gasteiger partial charge in [-0.15, -0.1) is 0 Å². The molecule has 2 heterocycles. The van der Waals surface area contributed by atoms with E-state index in [0.29, 0.717) is 22.7 Å².